The molecule has 102 valence electrons. The first-order chi connectivity index (χ1) is 9.61. The number of anilines is 1. The Balaban J connectivity index is 2.09. The maximum Gasteiger partial charge on any atom is 0.132 e. The lowest BCUT2D eigenvalue weighted by Gasteiger charge is -2.14. The molecule has 5 heteroatoms. The first kappa shape index (κ1) is 14.0. The molecule has 0 aliphatic carbocycles. The van der Waals surface area contributed by atoms with Crippen molar-refractivity contribution in [1.29, 1.82) is 5.26 Å². The largest absolute Gasteiger partial charge is 0.386 e. The standard InChI is InChI=1S/C15H12F2N2O/c16-12-5-2-6-13(17)15(12)14(20)9-19-11-4-1-3-10(7-11)8-18/h1-7,14,19-20H,9H2. The molecule has 0 saturated carbocycles. The zero-order chi connectivity index (χ0) is 14.5. The van der Waals surface area contributed by atoms with Crippen LogP contribution in [-0.2, 0) is 0 Å². The summed E-state index contributed by atoms with van der Waals surface area (Å²) in [5.41, 5.74) is 0.692. The van der Waals surface area contributed by atoms with E-state index in [-0.39, 0.29) is 12.1 Å². The van der Waals surface area contributed by atoms with E-state index in [0.29, 0.717) is 11.3 Å². The highest BCUT2D eigenvalue weighted by Gasteiger charge is 2.17. The monoisotopic (exact) mass is 274 g/mol. The maximum atomic E-state index is 13.5. The van der Waals surface area contributed by atoms with Gasteiger partial charge in [-0.2, -0.15) is 5.26 Å². The maximum absolute atomic E-state index is 13.5. The Labute approximate surface area is 115 Å². The lowest BCUT2D eigenvalue weighted by atomic mass is 10.1. The molecule has 0 fully saturated rings. The van der Waals surface area contributed by atoms with Gasteiger partial charge in [0.1, 0.15) is 17.7 Å². The molecule has 0 aliphatic heterocycles. The SMILES string of the molecule is N#Cc1cccc(NCC(O)c2c(F)cccc2F)c1. The molecule has 1 unspecified atom stereocenters. The van der Waals surface area contributed by atoms with E-state index in [9.17, 15) is 13.9 Å². The van der Waals surface area contributed by atoms with Crippen LogP contribution < -0.4 is 5.32 Å². The fourth-order valence-corrected chi connectivity index (χ4v) is 1.84. The van der Waals surface area contributed by atoms with E-state index in [1.807, 2.05) is 6.07 Å². The van der Waals surface area contributed by atoms with Gasteiger partial charge in [0, 0.05) is 12.2 Å². The van der Waals surface area contributed by atoms with Gasteiger partial charge in [0.05, 0.1) is 17.2 Å². The number of halogens is 2. The minimum Gasteiger partial charge on any atom is -0.386 e. The number of nitrogens with one attached hydrogen (secondary N) is 1. The van der Waals surface area contributed by atoms with Crippen LogP contribution in [0.3, 0.4) is 0 Å². The van der Waals surface area contributed by atoms with E-state index in [1.54, 1.807) is 24.3 Å². The smallest absolute Gasteiger partial charge is 0.132 e. The van der Waals surface area contributed by atoms with E-state index in [4.69, 9.17) is 5.26 Å². The van der Waals surface area contributed by atoms with Gasteiger partial charge in [-0.3, -0.25) is 0 Å². The summed E-state index contributed by atoms with van der Waals surface area (Å²) in [7, 11) is 0. The molecule has 2 N–H and O–H groups in total. The number of aliphatic hydroxyl groups is 1. The van der Waals surface area contributed by atoms with Crippen molar-refractivity contribution < 1.29 is 13.9 Å². The van der Waals surface area contributed by atoms with Gasteiger partial charge >= 0.3 is 0 Å². The molecule has 20 heavy (non-hydrogen) atoms. The molecule has 0 saturated heterocycles. The Bertz CT molecular complexity index is 632. The molecular weight excluding hydrogens is 262 g/mol. The van der Waals surface area contributed by atoms with Crippen LogP contribution in [0.1, 0.15) is 17.2 Å². The second-order valence-electron chi connectivity index (χ2n) is 4.22. The van der Waals surface area contributed by atoms with Crippen molar-refractivity contribution in [3.8, 4) is 6.07 Å². The Morgan fingerprint density at radius 3 is 2.45 bits per heavy atom. The summed E-state index contributed by atoms with van der Waals surface area (Å²) in [6.45, 7) is -0.0628. The topological polar surface area (TPSA) is 56.0 Å². The number of hydrogen-bond acceptors (Lipinski definition) is 3. The van der Waals surface area contributed by atoms with Gasteiger partial charge in [0.15, 0.2) is 0 Å². The van der Waals surface area contributed by atoms with Crippen molar-refractivity contribution in [3.05, 3.63) is 65.2 Å². The van der Waals surface area contributed by atoms with Crippen molar-refractivity contribution in [3.63, 3.8) is 0 Å². The molecule has 0 amide bonds. The third-order valence-electron chi connectivity index (χ3n) is 2.82. The molecule has 0 aromatic heterocycles. The number of aliphatic hydroxyl groups excluding tert-OH is 1. The summed E-state index contributed by atoms with van der Waals surface area (Å²) in [5.74, 6) is -1.57. The Morgan fingerprint density at radius 2 is 1.80 bits per heavy atom. The van der Waals surface area contributed by atoms with E-state index in [2.05, 4.69) is 5.32 Å². The van der Waals surface area contributed by atoms with Gasteiger partial charge in [0.2, 0.25) is 0 Å². The van der Waals surface area contributed by atoms with E-state index >= 15 is 0 Å². The first-order valence-corrected chi connectivity index (χ1v) is 5.98. The number of nitrogens with zero attached hydrogens (tertiary/aromatic N) is 1. The predicted octanol–water partition coefficient (Wildman–Crippen LogP) is 2.98. The number of rotatable bonds is 4. The third-order valence-corrected chi connectivity index (χ3v) is 2.82. The van der Waals surface area contributed by atoms with E-state index in [0.717, 1.165) is 12.1 Å². The van der Waals surface area contributed by atoms with Crippen molar-refractivity contribution in [1.82, 2.24) is 0 Å². The fraction of sp³-hybridized carbons (Fsp3) is 0.133. The third kappa shape index (κ3) is 3.11. The summed E-state index contributed by atoms with van der Waals surface area (Å²) in [4.78, 5) is 0. The Kier molecular flexibility index (Phi) is 4.28. The minimum atomic E-state index is -1.32. The van der Waals surface area contributed by atoms with Crippen LogP contribution in [-0.4, -0.2) is 11.7 Å². The summed E-state index contributed by atoms with van der Waals surface area (Å²) in [5, 5.41) is 21.5. The molecular formula is C15H12F2N2O. The normalized spacial score (nSPS) is 11.7. The van der Waals surface area contributed by atoms with Crippen LogP contribution in [0.15, 0.2) is 42.5 Å². The average Bonchev–Trinajstić information content (AvgIpc) is 2.45. The van der Waals surface area contributed by atoms with Gasteiger partial charge in [-0.1, -0.05) is 12.1 Å². The van der Waals surface area contributed by atoms with Gasteiger partial charge < -0.3 is 10.4 Å². The summed E-state index contributed by atoms with van der Waals surface area (Å²) in [6.07, 6.45) is -1.32. The van der Waals surface area contributed by atoms with Crippen LogP contribution in [0.25, 0.3) is 0 Å². The van der Waals surface area contributed by atoms with Gasteiger partial charge in [-0.25, -0.2) is 8.78 Å². The molecule has 2 aromatic carbocycles. The van der Waals surface area contributed by atoms with Crippen LogP contribution >= 0.6 is 0 Å². The number of benzene rings is 2. The molecule has 2 rings (SSSR count). The van der Waals surface area contributed by atoms with Crippen molar-refractivity contribution in [2.45, 2.75) is 6.10 Å². The minimum absolute atomic E-state index is 0.0628. The van der Waals surface area contributed by atoms with Gasteiger partial charge in [-0.05, 0) is 30.3 Å². The van der Waals surface area contributed by atoms with E-state index in [1.165, 1.54) is 6.07 Å². The fourth-order valence-electron chi connectivity index (χ4n) is 1.84. The highest BCUT2D eigenvalue weighted by molar-refractivity contribution is 5.49. The van der Waals surface area contributed by atoms with E-state index < -0.39 is 17.7 Å². The molecule has 1 atom stereocenters. The molecule has 3 nitrogen and oxygen atoms in total. The first-order valence-electron chi connectivity index (χ1n) is 5.98. The van der Waals surface area contributed by atoms with Gasteiger partial charge in [0.25, 0.3) is 0 Å². The molecule has 0 heterocycles. The average molecular weight is 274 g/mol. The molecule has 0 bridgehead atoms. The predicted molar refractivity (Wildman–Crippen MR) is 71.0 cm³/mol. The van der Waals surface area contributed by atoms with Crippen LogP contribution in [0, 0.1) is 23.0 Å². The molecule has 2 aromatic rings. The van der Waals surface area contributed by atoms with Crippen molar-refractivity contribution in [2.24, 2.45) is 0 Å². The highest BCUT2D eigenvalue weighted by Crippen LogP contribution is 2.21. The Hall–Kier alpha value is -2.45. The number of nitriles is 1. The van der Waals surface area contributed by atoms with Crippen molar-refractivity contribution in [2.75, 3.05) is 11.9 Å². The lowest BCUT2D eigenvalue weighted by molar-refractivity contribution is 0.181. The summed E-state index contributed by atoms with van der Waals surface area (Å²) in [6, 6.07) is 12.0. The molecule has 0 radical (unpaired) electrons. The highest BCUT2D eigenvalue weighted by atomic mass is 19.1. The summed E-state index contributed by atoms with van der Waals surface area (Å²) < 4.78 is 26.9. The van der Waals surface area contributed by atoms with Crippen molar-refractivity contribution >= 4 is 5.69 Å². The summed E-state index contributed by atoms with van der Waals surface area (Å²) >= 11 is 0. The quantitative estimate of drug-likeness (QED) is 0.901. The van der Waals surface area contributed by atoms with Crippen LogP contribution in [0.2, 0.25) is 0 Å². The lowest BCUT2D eigenvalue weighted by Crippen LogP contribution is -2.15. The van der Waals surface area contributed by atoms with Crippen LogP contribution in [0.5, 0.6) is 0 Å². The zero-order valence-corrected chi connectivity index (χ0v) is 10.5. The second kappa shape index (κ2) is 6.13. The number of hydrogen-bond donors (Lipinski definition) is 2. The molecule has 0 aliphatic rings. The zero-order valence-electron chi connectivity index (χ0n) is 10.5. The van der Waals surface area contributed by atoms with Gasteiger partial charge in [-0.15, -0.1) is 0 Å². The molecule has 0 spiro atoms. The second-order valence-corrected chi connectivity index (χ2v) is 4.22. The van der Waals surface area contributed by atoms with Crippen LogP contribution in [0.4, 0.5) is 14.5 Å². The Morgan fingerprint density at radius 1 is 1.15 bits per heavy atom.